The number of thioether (sulfide) groups is 1. The number of amides is 1. The van der Waals surface area contributed by atoms with E-state index in [1.165, 1.54) is 16.2 Å². The lowest BCUT2D eigenvalue weighted by Gasteiger charge is -2.35. The van der Waals surface area contributed by atoms with E-state index in [1.807, 2.05) is 24.3 Å². The number of β-amino-alcohol motifs (C(OH)–C–C–N with tert-alkyl or cyclic N) is 1. The number of methoxy groups -OCH3 is 2. The van der Waals surface area contributed by atoms with Crippen molar-refractivity contribution in [1.29, 1.82) is 0 Å². The zero-order valence-corrected chi connectivity index (χ0v) is 24.0. The molecule has 0 spiro atoms. The predicted molar refractivity (Wildman–Crippen MR) is 160 cm³/mol. The normalized spacial score (nSPS) is 17.3. The van der Waals surface area contributed by atoms with Crippen molar-refractivity contribution < 1.29 is 19.4 Å². The number of nitrogens with zero attached hydrogens (tertiary/aromatic N) is 5. The summed E-state index contributed by atoms with van der Waals surface area (Å²) in [5.74, 6) is 1.59. The number of carbonyl (C=O) groups excluding carboxylic acids is 1. The molecule has 2 aliphatic rings. The third kappa shape index (κ3) is 5.71. The molecule has 12 heteroatoms. The third-order valence-corrected chi connectivity index (χ3v) is 8.44. The van der Waals surface area contributed by atoms with E-state index in [0.29, 0.717) is 70.4 Å². The highest BCUT2D eigenvalue weighted by Crippen LogP contribution is 2.34. The summed E-state index contributed by atoms with van der Waals surface area (Å²) in [5, 5.41) is 9.30. The van der Waals surface area contributed by atoms with E-state index in [2.05, 4.69) is 9.80 Å². The van der Waals surface area contributed by atoms with Gasteiger partial charge < -0.3 is 19.5 Å². The molecule has 0 unspecified atom stereocenters. The lowest BCUT2D eigenvalue weighted by molar-refractivity contribution is -0.122. The van der Waals surface area contributed by atoms with Crippen molar-refractivity contribution in [2.24, 2.45) is 0 Å². The van der Waals surface area contributed by atoms with Gasteiger partial charge >= 0.3 is 0 Å². The van der Waals surface area contributed by atoms with E-state index >= 15 is 0 Å². The van der Waals surface area contributed by atoms with E-state index in [1.54, 1.807) is 43.5 Å². The van der Waals surface area contributed by atoms with Crippen molar-refractivity contribution in [3.63, 3.8) is 0 Å². The van der Waals surface area contributed by atoms with Gasteiger partial charge in [-0.2, -0.15) is 0 Å². The average Bonchev–Trinajstić information content (AvgIpc) is 3.25. The second-order valence-electron chi connectivity index (χ2n) is 9.41. The molecular weight excluding hydrogens is 550 g/mol. The third-order valence-electron chi connectivity index (χ3n) is 7.06. The second kappa shape index (κ2) is 12.4. The molecule has 2 saturated heterocycles. The van der Waals surface area contributed by atoms with E-state index in [0.717, 1.165) is 18.7 Å². The molecule has 40 heavy (non-hydrogen) atoms. The molecule has 4 heterocycles. The Bertz CT molecular complexity index is 1520. The lowest BCUT2D eigenvalue weighted by Crippen LogP contribution is -2.48. The second-order valence-corrected chi connectivity index (χ2v) is 11.1. The van der Waals surface area contributed by atoms with Gasteiger partial charge in [-0.1, -0.05) is 36.1 Å². The smallest absolute Gasteiger partial charge is 0.267 e. The Morgan fingerprint density at radius 3 is 2.55 bits per heavy atom. The molecule has 0 radical (unpaired) electrons. The van der Waals surface area contributed by atoms with Gasteiger partial charge in [0.15, 0.2) is 11.5 Å². The van der Waals surface area contributed by atoms with Gasteiger partial charge in [-0.05, 0) is 42.3 Å². The Balaban J connectivity index is 1.42. The van der Waals surface area contributed by atoms with Crippen molar-refractivity contribution in [1.82, 2.24) is 19.2 Å². The summed E-state index contributed by atoms with van der Waals surface area (Å²) in [4.78, 5) is 38.2. The van der Waals surface area contributed by atoms with Crippen molar-refractivity contribution in [2.75, 3.05) is 65.0 Å². The number of carbonyl (C=O) groups is 1. The van der Waals surface area contributed by atoms with Gasteiger partial charge in [0.2, 0.25) is 0 Å². The topological polar surface area (TPSA) is 99.9 Å². The minimum atomic E-state index is -0.242. The highest BCUT2D eigenvalue weighted by molar-refractivity contribution is 8.26. The summed E-state index contributed by atoms with van der Waals surface area (Å²) in [6.07, 6.45) is 3.89. The number of aromatic nitrogens is 2. The SMILES string of the molecule is COc1ccc(CCN2C(=O)C(=Cc3c(N4CCN(CCO)CC4)nc4ccccn4c3=O)SC2=S)cc1OC. The molecule has 0 atom stereocenters. The zero-order valence-electron chi connectivity index (χ0n) is 22.4. The number of hydrogen-bond acceptors (Lipinski definition) is 10. The van der Waals surface area contributed by atoms with Crippen LogP contribution in [0.1, 0.15) is 11.1 Å². The maximum Gasteiger partial charge on any atom is 0.267 e. The maximum atomic E-state index is 13.7. The van der Waals surface area contributed by atoms with Gasteiger partial charge in [0, 0.05) is 45.5 Å². The number of fused-ring (bicyclic) bond motifs is 1. The van der Waals surface area contributed by atoms with Crippen molar-refractivity contribution in [3.05, 3.63) is 69.0 Å². The van der Waals surface area contributed by atoms with Crippen LogP contribution in [0.4, 0.5) is 5.82 Å². The van der Waals surface area contributed by atoms with Crippen molar-refractivity contribution >= 4 is 51.7 Å². The molecule has 0 bridgehead atoms. The maximum absolute atomic E-state index is 13.7. The van der Waals surface area contributed by atoms with Crippen LogP contribution in [0.2, 0.25) is 0 Å². The minimum absolute atomic E-state index is 0.106. The van der Waals surface area contributed by atoms with Crippen LogP contribution in [-0.4, -0.2) is 94.6 Å². The Hall–Kier alpha value is -3.45. The summed E-state index contributed by atoms with van der Waals surface area (Å²) < 4.78 is 12.7. The summed E-state index contributed by atoms with van der Waals surface area (Å²) in [6.45, 7) is 3.91. The molecule has 1 N–H and O–H groups in total. The number of ether oxygens (including phenoxy) is 2. The monoisotopic (exact) mass is 581 g/mol. The lowest BCUT2D eigenvalue weighted by atomic mass is 10.1. The summed E-state index contributed by atoms with van der Waals surface area (Å²) >= 11 is 6.76. The number of aliphatic hydroxyl groups is 1. The standard InChI is InChI=1S/C28H31N5O5S2/c1-37-21-7-6-19(17-22(21)38-2)8-10-33-27(36)23(40-28(33)39)18-20-25(31-13-11-30(12-14-31)15-16-34)29-24-5-3-4-9-32(24)26(20)35/h3-7,9,17-18,34H,8,10-16H2,1-2H3. The first-order chi connectivity index (χ1) is 19.4. The summed E-state index contributed by atoms with van der Waals surface area (Å²) in [5.41, 5.74) is 1.64. The average molecular weight is 582 g/mol. The molecule has 0 saturated carbocycles. The molecule has 2 aliphatic heterocycles. The van der Waals surface area contributed by atoms with Crippen LogP contribution in [0.5, 0.6) is 11.5 Å². The van der Waals surface area contributed by atoms with Gasteiger partial charge in [-0.3, -0.25) is 23.8 Å². The molecular formula is C28H31N5O5S2. The van der Waals surface area contributed by atoms with Crippen molar-refractivity contribution in [3.8, 4) is 11.5 Å². The van der Waals surface area contributed by atoms with Crippen LogP contribution in [0, 0.1) is 0 Å². The van der Waals surface area contributed by atoms with Gasteiger partial charge in [0.05, 0.1) is 31.3 Å². The first kappa shape index (κ1) is 28.1. The molecule has 210 valence electrons. The fraction of sp³-hybridized carbons (Fsp3) is 0.357. The number of aliphatic hydroxyl groups excluding tert-OH is 1. The fourth-order valence-electron chi connectivity index (χ4n) is 4.88. The summed E-state index contributed by atoms with van der Waals surface area (Å²) in [6, 6.07) is 11.1. The number of anilines is 1. The zero-order chi connectivity index (χ0) is 28.2. The van der Waals surface area contributed by atoms with E-state index < -0.39 is 0 Å². The fourth-order valence-corrected chi connectivity index (χ4v) is 6.17. The highest BCUT2D eigenvalue weighted by Gasteiger charge is 2.33. The molecule has 5 rings (SSSR count). The number of pyridine rings is 1. The molecule has 1 amide bonds. The predicted octanol–water partition coefficient (Wildman–Crippen LogP) is 2.27. The molecule has 2 fully saturated rings. The van der Waals surface area contributed by atoms with Crippen LogP contribution < -0.4 is 19.9 Å². The highest BCUT2D eigenvalue weighted by atomic mass is 32.2. The quantitative estimate of drug-likeness (QED) is 0.299. The van der Waals surface area contributed by atoms with Gasteiger partial charge in [0.25, 0.3) is 11.5 Å². The number of hydrogen-bond donors (Lipinski definition) is 1. The number of piperazine rings is 1. The Labute approximate surface area is 241 Å². The number of thiocarbonyl (C=S) groups is 1. The van der Waals surface area contributed by atoms with Crippen LogP contribution in [0.15, 0.2) is 52.3 Å². The van der Waals surface area contributed by atoms with Crippen LogP contribution >= 0.6 is 24.0 Å². The molecule has 2 aromatic heterocycles. The van der Waals surface area contributed by atoms with Crippen LogP contribution in [-0.2, 0) is 11.2 Å². The van der Waals surface area contributed by atoms with Gasteiger partial charge in [-0.15, -0.1) is 0 Å². The molecule has 10 nitrogen and oxygen atoms in total. The van der Waals surface area contributed by atoms with Crippen LogP contribution in [0.25, 0.3) is 11.7 Å². The van der Waals surface area contributed by atoms with E-state index in [9.17, 15) is 14.7 Å². The molecule has 0 aliphatic carbocycles. The van der Waals surface area contributed by atoms with Crippen LogP contribution in [0.3, 0.4) is 0 Å². The molecule has 3 aromatic rings. The van der Waals surface area contributed by atoms with Gasteiger partial charge in [0.1, 0.15) is 15.8 Å². The Kier molecular flexibility index (Phi) is 8.69. The van der Waals surface area contributed by atoms with Crippen molar-refractivity contribution in [2.45, 2.75) is 6.42 Å². The van der Waals surface area contributed by atoms with E-state index in [-0.39, 0.29) is 18.1 Å². The van der Waals surface area contributed by atoms with E-state index in [4.69, 9.17) is 26.7 Å². The first-order valence-corrected chi connectivity index (χ1v) is 14.2. The minimum Gasteiger partial charge on any atom is -0.493 e. The largest absolute Gasteiger partial charge is 0.493 e. The Morgan fingerprint density at radius 1 is 1.05 bits per heavy atom. The number of benzene rings is 1. The van der Waals surface area contributed by atoms with Gasteiger partial charge in [-0.25, -0.2) is 4.98 Å². The Morgan fingerprint density at radius 2 is 1.82 bits per heavy atom. The summed E-state index contributed by atoms with van der Waals surface area (Å²) in [7, 11) is 3.17. The first-order valence-electron chi connectivity index (χ1n) is 13.0. The number of rotatable bonds is 9. The molecule has 1 aromatic carbocycles.